The number of fused-ring (bicyclic) bond motifs is 2. The van der Waals surface area contributed by atoms with Crippen molar-refractivity contribution in [1.29, 1.82) is 0 Å². The first-order valence-corrected chi connectivity index (χ1v) is 18.5. The fraction of sp³-hybridized carbons (Fsp3) is 0.795. The van der Waals surface area contributed by atoms with Crippen LogP contribution in [-0.2, 0) is 40.4 Å². The van der Waals surface area contributed by atoms with E-state index < -0.39 is 33.4 Å². The van der Waals surface area contributed by atoms with Crippen molar-refractivity contribution in [3.05, 3.63) is 23.3 Å². The van der Waals surface area contributed by atoms with Gasteiger partial charge in [0.25, 0.3) is 0 Å². The van der Waals surface area contributed by atoms with Gasteiger partial charge in [-0.3, -0.25) is 4.90 Å². The third-order valence-corrected chi connectivity index (χ3v) is 14.2. The van der Waals surface area contributed by atoms with Gasteiger partial charge in [0.2, 0.25) is 0 Å². The largest absolute Gasteiger partial charge is 0.481 e. The van der Waals surface area contributed by atoms with Crippen LogP contribution in [0.2, 0.25) is 0 Å². The summed E-state index contributed by atoms with van der Waals surface area (Å²) >= 11 is 0. The van der Waals surface area contributed by atoms with Crippen LogP contribution in [0.15, 0.2) is 12.1 Å². The molecule has 4 saturated carbocycles. The Morgan fingerprint density at radius 2 is 1.71 bits per heavy atom. The van der Waals surface area contributed by atoms with Gasteiger partial charge < -0.3 is 38.3 Å². The quantitative estimate of drug-likeness (QED) is 0.116. The Morgan fingerprint density at radius 3 is 2.37 bits per heavy atom. The van der Waals surface area contributed by atoms with E-state index in [1.165, 1.54) is 18.4 Å². The van der Waals surface area contributed by atoms with Crippen LogP contribution < -0.4 is 9.47 Å². The number of benzene rings is 1. The van der Waals surface area contributed by atoms with Gasteiger partial charge in [0.1, 0.15) is 18.5 Å². The maximum absolute atomic E-state index is 13.8. The van der Waals surface area contributed by atoms with Gasteiger partial charge in [-0.25, -0.2) is 4.79 Å². The van der Waals surface area contributed by atoms with Crippen molar-refractivity contribution in [2.45, 2.75) is 102 Å². The molecule has 5 aliphatic carbocycles. The number of hydrogen-bond donors (Lipinski definition) is 1. The Balaban J connectivity index is 1.18. The number of rotatable bonds is 16. The maximum Gasteiger partial charge on any atom is 0.337 e. The van der Waals surface area contributed by atoms with Crippen LogP contribution in [0.25, 0.3) is 0 Å². The molecule has 7 aliphatic rings. The van der Waals surface area contributed by atoms with Gasteiger partial charge in [-0.2, -0.15) is 0 Å². The number of carbonyl (C=O) groups excluding carboxylic acids is 2. The van der Waals surface area contributed by atoms with Gasteiger partial charge in [0.15, 0.2) is 11.5 Å². The molecule has 0 radical (unpaired) electrons. The van der Waals surface area contributed by atoms with Gasteiger partial charge in [-0.05, 0) is 88.3 Å². The highest BCUT2D eigenvalue weighted by molar-refractivity contribution is 5.77. The second-order valence-electron chi connectivity index (χ2n) is 17.1. The second-order valence-corrected chi connectivity index (χ2v) is 17.1. The molecule has 49 heavy (non-hydrogen) atoms. The molecule has 10 nitrogen and oxygen atoms in total. The molecule has 5 fully saturated rings. The fourth-order valence-corrected chi connectivity index (χ4v) is 11.1. The predicted molar refractivity (Wildman–Crippen MR) is 182 cm³/mol. The lowest BCUT2D eigenvalue weighted by molar-refractivity contribution is -0.301. The van der Waals surface area contributed by atoms with Crippen LogP contribution in [-0.4, -0.2) is 106 Å². The summed E-state index contributed by atoms with van der Waals surface area (Å²) in [6.45, 7) is 14.7. The molecule has 2 spiro atoms. The number of aldehydes is 1. The molecule has 2 heterocycles. The van der Waals surface area contributed by atoms with Crippen molar-refractivity contribution in [1.82, 2.24) is 4.90 Å². The molecule has 4 bridgehead atoms. The summed E-state index contributed by atoms with van der Waals surface area (Å²) in [5, 5.41) is 12.5. The van der Waals surface area contributed by atoms with Crippen molar-refractivity contribution in [3.63, 3.8) is 0 Å². The Morgan fingerprint density at radius 1 is 1.02 bits per heavy atom. The Kier molecular flexibility index (Phi) is 9.05. The van der Waals surface area contributed by atoms with E-state index in [2.05, 4.69) is 38.7 Å². The third kappa shape index (κ3) is 5.09. The molecule has 2 aliphatic heterocycles. The summed E-state index contributed by atoms with van der Waals surface area (Å²) in [6.07, 6.45) is 7.89. The summed E-state index contributed by atoms with van der Waals surface area (Å²) in [7, 11) is 1.63. The normalized spacial score (nSPS) is 35.4. The minimum Gasteiger partial charge on any atom is -0.481 e. The third-order valence-electron chi connectivity index (χ3n) is 14.2. The molecule has 8 rings (SSSR count). The van der Waals surface area contributed by atoms with E-state index in [1.807, 2.05) is 13.0 Å². The molecule has 0 amide bonds. The molecular weight excluding hydrogens is 626 g/mol. The average Bonchev–Trinajstić information content (AvgIpc) is 3.82. The maximum atomic E-state index is 13.8. The first-order valence-electron chi connectivity index (χ1n) is 18.5. The number of methoxy groups -OCH3 is 1. The van der Waals surface area contributed by atoms with E-state index in [9.17, 15) is 14.7 Å². The van der Waals surface area contributed by atoms with Crippen molar-refractivity contribution >= 4 is 12.3 Å². The van der Waals surface area contributed by atoms with Crippen LogP contribution in [0, 0.1) is 28.1 Å². The number of carbonyl (C=O) groups is 2. The lowest BCUT2D eigenvalue weighted by Crippen LogP contribution is -2.85. The van der Waals surface area contributed by atoms with E-state index in [0.29, 0.717) is 57.0 Å². The molecule has 1 aromatic rings. The van der Waals surface area contributed by atoms with Gasteiger partial charge in [0, 0.05) is 42.0 Å². The van der Waals surface area contributed by atoms with Crippen molar-refractivity contribution in [2.24, 2.45) is 28.1 Å². The number of ether oxygens (including phenoxy) is 6. The first-order chi connectivity index (χ1) is 23.3. The van der Waals surface area contributed by atoms with Gasteiger partial charge in [0.05, 0.1) is 50.7 Å². The topological polar surface area (TPSA) is 113 Å². The minimum absolute atomic E-state index is 0.182. The summed E-state index contributed by atoms with van der Waals surface area (Å²) in [5.41, 5.74) is -1.63. The van der Waals surface area contributed by atoms with Crippen LogP contribution in [0.5, 0.6) is 11.5 Å². The smallest absolute Gasteiger partial charge is 0.337 e. The molecule has 1 N–H and O–H groups in total. The number of likely N-dealkylation sites (tertiary alicyclic amines) is 1. The number of hydrogen-bond acceptors (Lipinski definition) is 10. The van der Waals surface area contributed by atoms with Crippen molar-refractivity contribution in [3.8, 4) is 11.5 Å². The number of piperidine rings is 1. The Labute approximate surface area is 291 Å². The monoisotopic (exact) mass is 683 g/mol. The lowest BCUT2D eigenvalue weighted by Gasteiger charge is -2.78. The summed E-state index contributed by atoms with van der Waals surface area (Å²) in [6, 6.07) is 4.29. The standard InChI is InChI=1S/C39H57NO9/c1-34(2,3)35(4,43)29-22-37-11-12-38(29,25-41)36(5)39(37)13-14-40(23-26-7-8-26)30(37)21-27-9-10-28(33(49-36)32(27)39)48-31(42)24-47-20-19-46-18-17-45-16-15-44-6/h9-10,25-26,29-30,43H,7-8,11-24H2,1-6H3/t29-,30-,35+,36-,37-,38-,39+/m1/s1. The summed E-state index contributed by atoms with van der Waals surface area (Å²) < 4.78 is 34.7. The van der Waals surface area contributed by atoms with Crippen LogP contribution >= 0.6 is 0 Å². The highest BCUT2D eigenvalue weighted by Gasteiger charge is 2.86. The minimum atomic E-state index is -1.12. The van der Waals surface area contributed by atoms with E-state index in [1.54, 1.807) is 7.11 Å². The number of nitrogens with zero attached hydrogens (tertiary/aromatic N) is 1. The zero-order valence-corrected chi connectivity index (χ0v) is 30.4. The van der Waals surface area contributed by atoms with Crippen LogP contribution in [0.3, 0.4) is 0 Å². The van der Waals surface area contributed by atoms with Crippen LogP contribution in [0.4, 0.5) is 0 Å². The molecule has 1 aromatic carbocycles. The SMILES string of the molecule is COCCOCCOCCOCC(=O)Oc1ccc2c3c1O[C@@]1(C)[C@]34CCN(CC3CC3)[C@H](C2)[C@]42CC[C@@]1(C=O)[C@@H]([C@](C)(O)C(C)(C)C)C2. The van der Waals surface area contributed by atoms with E-state index in [4.69, 9.17) is 28.4 Å². The Bertz CT molecular complexity index is 1440. The zero-order chi connectivity index (χ0) is 34.9. The van der Waals surface area contributed by atoms with Gasteiger partial charge in [-0.1, -0.05) is 26.8 Å². The fourth-order valence-electron chi connectivity index (χ4n) is 11.1. The van der Waals surface area contributed by atoms with Gasteiger partial charge >= 0.3 is 5.97 Å². The Hall–Kier alpha value is -2.08. The molecule has 0 aromatic heterocycles. The predicted octanol–water partition coefficient (Wildman–Crippen LogP) is 4.50. The first kappa shape index (κ1) is 35.3. The van der Waals surface area contributed by atoms with Gasteiger partial charge in [-0.15, -0.1) is 0 Å². The molecule has 0 unspecified atom stereocenters. The highest BCUT2D eigenvalue weighted by Crippen LogP contribution is 2.82. The molecule has 7 atom stereocenters. The zero-order valence-electron chi connectivity index (χ0n) is 30.4. The van der Waals surface area contributed by atoms with E-state index in [0.717, 1.165) is 56.5 Å². The van der Waals surface area contributed by atoms with Crippen LogP contribution in [0.1, 0.15) is 84.3 Å². The number of esters is 1. The lowest BCUT2D eigenvalue weighted by atomic mass is 9.27. The summed E-state index contributed by atoms with van der Waals surface area (Å²) in [4.78, 5) is 29.7. The van der Waals surface area contributed by atoms with Crippen molar-refractivity contribution < 1.29 is 43.1 Å². The molecular formula is C39H57NO9. The molecule has 10 heteroatoms. The van der Waals surface area contributed by atoms with E-state index in [-0.39, 0.29) is 24.5 Å². The summed E-state index contributed by atoms with van der Waals surface area (Å²) in [5.74, 6) is 0.953. The average molecular weight is 684 g/mol. The molecule has 272 valence electrons. The van der Waals surface area contributed by atoms with Crippen molar-refractivity contribution in [2.75, 3.05) is 66.4 Å². The van der Waals surface area contributed by atoms with E-state index >= 15 is 0 Å². The highest BCUT2D eigenvalue weighted by atomic mass is 16.6. The second kappa shape index (κ2) is 12.6. The molecule has 1 saturated heterocycles. The number of aliphatic hydroxyl groups is 1.